The number of nitrogen functional groups attached to an aromatic ring is 1. The highest BCUT2D eigenvalue weighted by atomic mass is 35.5. The Labute approximate surface area is 126 Å². The lowest BCUT2D eigenvalue weighted by atomic mass is 10.2. The average Bonchev–Trinajstić information content (AvgIpc) is 3.02. The number of aromatic nitrogens is 1. The smallest absolute Gasteiger partial charge is 0.180 e. The molecule has 2 aromatic rings. The minimum absolute atomic E-state index is 0.641. The minimum atomic E-state index is 0.641. The number of halogens is 1. The Kier molecular flexibility index (Phi) is 3.80. The summed E-state index contributed by atoms with van der Waals surface area (Å²) in [6.45, 7) is 5.59. The quantitative estimate of drug-likeness (QED) is 0.933. The standard InChI is InChI=1S/C13H16ClN3S2/c1-8-2-3-17(5-8)6-11-12(16-13(15)19-11)10-4-9(14)7-18-10/h4,7-8H,2-3,5-6H2,1H3,(H2,15,16)/t8-/m1/s1. The number of hydrogen-bond acceptors (Lipinski definition) is 5. The van der Waals surface area contributed by atoms with Gasteiger partial charge in [0.2, 0.25) is 0 Å². The monoisotopic (exact) mass is 313 g/mol. The van der Waals surface area contributed by atoms with Crippen LogP contribution < -0.4 is 5.73 Å². The molecule has 2 N–H and O–H groups in total. The number of rotatable bonds is 3. The molecule has 1 fully saturated rings. The van der Waals surface area contributed by atoms with Crippen LogP contribution in [0.3, 0.4) is 0 Å². The number of thiazole rings is 1. The van der Waals surface area contributed by atoms with Crippen LogP contribution in [0.1, 0.15) is 18.2 Å². The highest BCUT2D eigenvalue weighted by Crippen LogP contribution is 2.36. The molecule has 1 aliphatic rings. The van der Waals surface area contributed by atoms with Crippen molar-refractivity contribution in [3.05, 3.63) is 21.3 Å². The molecule has 0 amide bonds. The van der Waals surface area contributed by atoms with E-state index < -0.39 is 0 Å². The van der Waals surface area contributed by atoms with Crippen LogP contribution >= 0.6 is 34.3 Å². The first-order valence-corrected chi connectivity index (χ1v) is 8.41. The number of nitrogens with two attached hydrogens (primary N) is 1. The molecule has 19 heavy (non-hydrogen) atoms. The van der Waals surface area contributed by atoms with E-state index in [1.165, 1.54) is 24.4 Å². The van der Waals surface area contributed by atoms with Crippen molar-refractivity contribution in [2.45, 2.75) is 19.9 Å². The third kappa shape index (κ3) is 2.94. The zero-order valence-electron chi connectivity index (χ0n) is 10.7. The fraction of sp³-hybridized carbons (Fsp3) is 0.462. The fourth-order valence-corrected chi connectivity index (χ4v) is 4.52. The summed E-state index contributed by atoms with van der Waals surface area (Å²) in [5, 5.41) is 3.35. The van der Waals surface area contributed by atoms with Crippen molar-refractivity contribution >= 4 is 39.4 Å². The van der Waals surface area contributed by atoms with Crippen LogP contribution in [0, 0.1) is 5.92 Å². The summed E-state index contributed by atoms with van der Waals surface area (Å²) in [6.07, 6.45) is 1.29. The normalized spacial score (nSPS) is 20.2. The van der Waals surface area contributed by atoms with E-state index in [1.54, 1.807) is 22.7 Å². The summed E-state index contributed by atoms with van der Waals surface area (Å²) < 4.78 is 0. The Bertz CT molecular complexity index is 578. The van der Waals surface area contributed by atoms with Crippen molar-refractivity contribution in [3.63, 3.8) is 0 Å². The Balaban J connectivity index is 1.85. The Hall–Kier alpha value is -0.620. The Morgan fingerprint density at radius 1 is 1.58 bits per heavy atom. The first-order valence-electron chi connectivity index (χ1n) is 6.34. The van der Waals surface area contributed by atoms with Crippen molar-refractivity contribution in [2.75, 3.05) is 18.8 Å². The van der Waals surface area contributed by atoms with Crippen LogP contribution in [0.15, 0.2) is 11.4 Å². The average molecular weight is 314 g/mol. The molecule has 1 saturated heterocycles. The molecular formula is C13H16ClN3S2. The second-order valence-electron chi connectivity index (χ2n) is 5.08. The highest BCUT2D eigenvalue weighted by molar-refractivity contribution is 7.17. The molecule has 0 aromatic carbocycles. The second-order valence-corrected chi connectivity index (χ2v) is 7.54. The van der Waals surface area contributed by atoms with Gasteiger partial charge in [-0.25, -0.2) is 4.98 Å². The molecule has 102 valence electrons. The first kappa shape index (κ1) is 13.4. The number of hydrogen-bond donors (Lipinski definition) is 1. The van der Waals surface area contributed by atoms with Gasteiger partial charge in [0.05, 0.1) is 15.6 Å². The molecule has 1 aliphatic heterocycles. The summed E-state index contributed by atoms with van der Waals surface area (Å²) in [6, 6.07) is 1.97. The number of nitrogens with zero attached hydrogens (tertiary/aromatic N) is 2. The predicted molar refractivity (Wildman–Crippen MR) is 83.9 cm³/mol. The van der Waals surface area contributed by atoms with Gasteiger partial charge >= 0.3 is 0 Å². The summed E-state index contributed by atoms with van der Waals surface area (Å²) >= 11 is 9.23. The molecule has 0 bridgehead atoms. The number of thiophene rings is 1. The van der Waals surface area contributed by atoms with Crippen LogP contribution in [-0.2, 0) is 6.54 Å². The second kappa shape index (κ2) is 5.40. The maximum Gasteiger partial charge on any atom is 0.180 e. The van der Waals surface area contributed by atoms with Gasteiger partial charge in [0.1, 0.15) is 0 Å². The number of anilines is 1. The van der Waals surface area contributed by atoms with Crippen molar-refractivity contribution < 1.29 is 0 Å². The molecule has 2 aromatic heterocycles. The summed E-state index contributed by atoms with van der Waals surface area (Å²) in [7, 11) is 0. The Morgan fingerprint density at radius 3 is 3.05 bits per heavy atom. The van der Waals surface area contributed by atoms with Crippen LogP contribution in [0.25, 0.3) is 10.6 Å². The maximum absolute atomic E-state index is 6.00. The Morgan fingerprint density at radius 2 is 2.42 bits per heavy atom. The molecule has 0 unspecified atom stereocenters. The highest BCUT2D eigenvalue weighted by Gasteiger charge is 2.22. The SMILES string of the molecule is C[C@@H]1CCN(Cc2sc(N)nc2-c2cc(Cl)cs2)C1. The van der Waals surface area contributed by atoms with E-state index in [9.17, 15) is 0 Å². The zero-order valence-corrected chi connectivity index (χ0v) is 13.1. The molecular weight excluding hydrogens is 298 g/mol. The van der Waals surface area contributed by atoms with Crippen LogP contribution in [0.4, 0.5) is 5.13 Å². The molecule has 1 atom stereocenters. The molecule has 0 radical (unpaired) electrons. The van der Waals surface area contributed by atoms with E-state index in [4.69, 9.17) is 17.3 Å². The van der Waals surface area contributed by atoms with E-state index in [2.05, 4.69) is 16.8 Å². The van der Waals surface area contributed by atoms with Gasteiger partial charge in [-0.05, 0) is 24.9 Å². The van der Waals surface area contributed by atoms with E-state index in [-0.39, 0.29) is 0 Å². The lowest BCUT2D eigenvalue weighted by molar-refractivity contribution is 0.323. The topological polar surface area (TPSA) is 42.1 Å². The van der Waals surface area contributed by atoms with Gasteiger partial charge in [-0.15, -0.1) is 22.7 Å². The third-order valence-electron chi connectivity index (χ3n) is 3.39. The first-order chi connectivity index (χ1) is 9.11. The van der Waals surface area contributed by atoms with Gasteiger partial charge in [-0.3, -0.25) is 4.90 Å². The van der Waals surface area contributed by atoms with Gasteiger partial charge < -0.3 is 5.73 Å². The lowest BCUT2D eigenvalue weighted by Gasteiger charge is -2.14. The van der Waals surface area contributed by atoms with E-state index in [0.29, 0.717) is 5.13 Å². The van der Waals surface area contributed by atoms with Gasteiger partial charge in [-0.1, -0.05) is 18.5 Å². The van der Waals surface area contributed by atoms with Crippen molar-refractivity contribution in [3.8, 4) is 10.6 Å². The van der Waals surface area contributed by atoms with Crippen LogP contribution in [0.2, 0.25) is 5.02 Å². The van der Waals surface area contributed by atoms with Gasteiger partial charge in [0.15, 0.2) is 5.13 Å². The van der Waals surface area contributed by atoms with Gasteiger partial charge in [-0.2, -0.15) is 0 Å². The molecule has 0 spiro atoms. The molecule has 3 heterocycles. The van der Waals surface area contributed by atoms with E-state index >= 15 is 0 Å². The lowest BCUT2D eigenvalue weighted by Crippen LogP contribution is -2.19. The van der Waals surface area contributed by atoms with Gasteiger partial charge in [0.25, 0.3) is 0 Å². The van der Waals surface area contributed by atoms with Gasteiger partial charge in [0, 0.05) is 23.3 Å². The molecule has 3 rings (SSSR count). The largest absolute Gasteiger partial charge is 0.375 e. The molecule has 6 heteroatoms. The zero-order chi connectivity index (χ0) is 13.4. The third-order valence-corrected chi connectivity index (χ3v) is 5.54. The summed E-state index contributed by atoms with van der Waals surface area (Å²) in [5.41, 5.74) is 6.90. The summed E-state index contributed by atoms with van der Waals surface area (Å²) in [5.74, 6) is 0.796. The molecule has 3 nitrogen and oxygen atoms in total. The number of likely N-dealkylation sites (tertiary alicyclic amines) is 1. The van der Waals surface area contributed by atoms with Crippen LogP contribution in [-0.4, -0.2) is 23.0 Å². The molecule has 0 saturated carbocycles. The van der Waals surface area contributed by atoms with Crippen molar-refractivity contribution in [1.82, 2.24) is 9.88 Å². The van der Waals surface area contributed by atoms with E-state index in [0.717, 1.165) is 28.1 Å². The fourth-order valence-electron chi connectivity index (χ4n) is 2.48. The van der Waals surface area contributed by atoms with E-state index in [1.807, 2.05) is 11.4 Å². The van der Waals surface area contributed by atoms with Crippen molar-refractivity contribution in [2.24, 2.45) is 5.92 Å². The maximum atomic E-state index is 6.00. The van der Waals surface area contributed by atoms with Crippen molar-refractivity contribution in [1.29, 1.82) is 0 Å². The minimum Gasteiger partial charge on any atom is -0.375 e. The van der Waals surface area contributed by atoms with Crippen LogP contribution in [0.5, 0.6) is 0 Å². The molecule has 0 aliphatic carbocycles. The predicted octanol–water partition coefficient (Wildman–Crippen LogP) is 3.95. The summed E-state index contributed by atoms with van der Waals surface area (Å²) in [4.78, 5) is 9.33.